The molecule has 0 bridgehead atoms. The van der Waals surface area contributed by atoms with Crippen molar-refractivity contribution in [1.29, 1.82) is 0 Å². The van der Waals surface area contributed by atoms with Crippen LogP contribution in [-0.4, -0.2) is 59.5 Å². The molecule has 0 heterocycles. The molecule has 3 amide bonds. The molecule has 14 heteroatoms. The fourth-order valence-corrected chi connectivity index (χ4v) is 2.10. The first-order chi connectivity index (χ1) is 14.4. The van der Waals surface area contributed by atoms with E-state index >= 15 is 0 Å². The van der Waals surface area contributed by atoms with Gasteiger partial charge in [0.2, 0.25) is 11.8 Å². The summed E-state index contributed by atoms with van der Waals surface area (Å²) in [6.07, 6.45) is -0.765. The third kappa shape index (κ3) is 9.87. The number of nitro groups is 2. The second kappa shape index (κ2) is 11.3. The summed E-state index contributed by atoms with van der Waals surface area (Å²) in [4.78, 5) is 55.1. The number of nitrogens with zero attached hydrogens (tertiary/aromatic N) is 2. The van der Waals surface area contributed by atoms with Crippen LogP contribution in [-0.2, 0) is 14.3 Å². The van der Waals surface area contributed by atoms with Crippen LogP contribution in [0.15, 0.2) is 18.2 Å². The Morgan fingerprint density at radius 1 is 0.935 bits per heavy atom. The number of carbonyl (C=O) groups is 3. The van der Waals surface area contributed by atoms with Crippen LogP contribution in [0.3, 0.4) is 0 Å². The Morgan fingerprint density at radius 3 is 2.13 bits per heavy atom. The predicted octanol–water partition coefficient (Wildman–Crippen LogP) is 0.672. The average molecular weight is 440 g/mol. The third-order valence-corrected chi connectivity index (χ3v) is 3.39. The minimum absolute atomic E-state index is 0.0615. The van der Waals surface area contributed by atoms with Crippen molar-refractivity contribution in [3.63, 3.8) is 0 Å². The molecule has 0 unspecified atom stereocenters. The summed E-state index contributed by atoms with van der Waals surface area (Å²) >= 11 is 0. The number of hydrogen-bond acceptors (Lipinski definition) is 9. The molecule has 0 saturated carbocycles. The highest BCUT2D eigenvalue weighted by Gasteiger charge is 2.19. The van der Waals surface area contributed by atoms with Gasteiger partial charge in [-0.25, -0.2) is 4.79 Å². The van der Waals surface area contributed by atoms with Crippen molar-refractivity contribution < 1.29 is 29.0 Å². The molecule has 1 aromatic carbocycles. The van der Waals surface area contributed by atoms with E-state index < -0.39 is 44.7 Å². The number of rotatable bonds is 10. The van der Waals surface area contributed by atoms with Gasteiger partial charge in [0, 0.05) is 19.2 Å². The number of non-ortho nitro benzene ring substituents is 1. The molecular formula is C17H24N6O8. The summed E-state index contributed by atoms with van der Waals surface area (Å²) in [6.45, 7) is 4.47. The van der Waals surface area contributed by atoms with Crippen LogP contribution in [0.25, 0.3) is 0 Å². The van der Waals surface area contributed by atoms with Crippen molar-refractivity contribution in [3.05, 3.63) is 38.4 Å². The fraction of sp³-hybridized carbons (Fsp3) is 0.471. The van der Waals surface area contributed by atoms with Crippen LogP contribution in [0.1, 0.15) is 20.8 Å². The van der Waals surface area contributed by atoms with E-state index in [0.717, 1.165) is 12.1 Å². The van der Waals surface area contributed by atoms with Crippen molar-refractivity contribution in [3.8, 4) is 0 Å². The third-order valence-electron chi connectivity index (χ3n) is 3.39. The zero-order valence-corrected chi connectivity index (χ0v) is 17.2. The second-order valence-corrected chi connectivity index (χ2v) is 7.12. The number of hydrogen-bond donors (Lipinski definition) is 4. The van der Waals surface area contributed by atoms with Gasteiger partial charge >= 0.3 is 6.09 Å². The molecule has 0 saturated heterocycles. The van der Waals surface area contributed by atoms with Gasteiger partial charge in [-0.3, -0.25) is 29.8 Å². The zero-order valence-electron chi connectivity index (χ0n) is 17.2. The summed E-state index contributed by atoms with van der Waals surface area (Å²) in [7, 11) is 0. The Bertz CT molecular complexity index is 852. The lowest BCUT2D eigenvalue weighted by Crippen LogP contribution is -2.43. The molecule has 1 aromatic rings. The first kappa shape index (κ1) is 25.1. The Kier molecular flexibility index (Phi) is 9.12. The summed E-state index contributed by atoms with van der Waals surface area (Å²) in [5.41, 5.74) is -1.53. The maximum absolute atomic E-state index is 11.7. The van der Waals surface area contributed by atoms with Crippen molar-refractivity contribution >= 4 is 35.0 Å². The first-order valence-corrected chi connectivity index (χ1v) is 9.06. The van der Waals surface area contributed by atoms with Crippen molar-refractivity contribution in [2.75, 3.05) is 31.5 Å². The number of carbonyl (C=O) groups excluding carboxylic acids is 3. The van der Waals surface area contributed by atoms with Crippen LogP contribution in [0.4, 0.5) is 21.9 Å². The number of nitrogens with one attached hydrogen (secondary N) is 4. The molecule has 0 fully saturated rings. The summed E-state index contributed by atoms with van der Waals surface area (Å²) < 4.78 is 4.97. The summed E-state index contributed by atoms with van der Waals surface area (Å²) in [6, 6.07) is 3.16. The van der Waals surface area contributed by atoms with Crippen molar-refractivity contribution in [2.45, 2.75) is 26.4 Å². The van der Waals surface area contributed by atoms with Gasteiger partial charge in [0.15, 0.2) is 0 Å². The molecule has 0 aliphatic heterocycles. The lowest BCUT2D eigenvalue weighted by molar-refractivity contribution is -0.393. The van der Waals surface area contributed by atoms with E-state index in [1.807, 2.05) is 0 Å². The highest BCUT2D eigenvalue weighted by molar-refractivity contribution is 5.87. The molecule has 0 spiro atoms. The van der Waals surface area contributed by atoms with Gasteiger partial charge < -0.3 is 26.0 Å². The maximum Gasteiger partial charge on any atom is 0.408 e. The first-order valence-electron chi connectivity index (χ1n) is 9.06. The van der Waals surface area contributed by atoms with Gasteiger partial charge in [-0.15, -0.1) is 0 Å². The number of benzene rings is 1. The minimum Gasteiger partial charge on any atom is -0.444 e. The van der Waals surface area contributed by atoms with E-state index in [1.54, 1.807) is 20.8 Å². The van der Waals surface area contributed by atoms with Crippen LogP contribution in [0, 0.1) is 20.2 Å². The lowest BCUT2D eigenvalue weighted by atomic mass is 10.2. The van der Waals surface area contributed by atoms with E-state index in [0.29, 0.717) is 0 Å². The molecule has 0 aromatic heterocycles. The molecule has 1 rings (SSSR count). The van der Waals surface area contributed by atoms with Crippen molar-refractivity contribution in [2.24, 2.45) is 0 Å². The average Bonchev–Trinajstić information content (AvgIpc) is 2.66. The van der Waals surface area contributed by atoms with Gasteiger partial charge in [-0.05, 0) is 26.8 Å². The van der Waals surface area contributed by atoms with Crippen molar-refractivity contribution in [1.82, 2.24) is 16.0 Å². The van der Waals surface area contributed by atoms with Crippen LogP contribution < -0.4 is 21.3 Å². The number of amides is 3. The second-order valence-electron chi connectivity index (χ2n) is 7.12. The molecule has 0 radical (unpaired) electrons. The highest BCUT2D eigenvalue weighted by Crippen LogP contribution is 2.28. The Morgan fingerprint density at radius 2 is 1.55 bits per heavy atom. The van der Waals surface area contributed by atoms with E-state index in [2.05, 4.69) is 21.3 Å². The quantitative estimate of drug-likeness (QED) is 0.230. The van der Waals surface area contributed by atoms with Crippen LogP contribution >= 0.6 is 0 Å². The van der Waals surface area contributed by atoms with E-state index in [1.165, 1.54) is 6.07 Å². The van der Waals surface area contributed by atoms with Gasteiger partial charge in [-0.2, -0.15) is 0 Å². The predicted molar refractivity (Wildman–Crippen MR) is 108 cm³/mol. The molecule has 0 aliphatic carbocycles. The minimum atomic E-state index is -0.765. The maximum atomic E-state index is 11.7. The SMILES string of the molecule is CC(C)(C)OC(=O)NCC(=O)NCC(=O)NCCNc1ccc([N+](=O)[O-])cc1[N+](=O)[O-]. The number of alkyl carbamates (subject to hydrolysis) is 1. The lowest BCUT2D eigenvalue weighted by Gasteiger charge is -2.19. The molecule has 0 atom stereocenters. The molecular weight excluding hydrogens is 416 g/mol. The van der Waals surface area contributed by atoms with E-state index in [4.69, 9.17) is 4.74 Å². The zero-order chi connectivity index (χ0) is 23.6. The monoisotopic (exact) mass is 440 g/mol. The van der Waals surface area contributed by atoms with Gasteiger partial charge in [0.05, 0.1) is 22.5 Å². The number of anilines is 1. The van der Waals surface area contributed by atoms with Crippen LogP contribution in [0.2, 0.25) is 0 Å². The number of nitro benzene ring substituents is 2. The van der Waals surface area contributed by atoms with E-state index in [-0.39, 0.29) is 31.9 Å². The standard InChI is InChI=1S/C17H24N6O8/c1-17(2,3)31-16(26)21-10-15(25)20-9-14(24)19-7-6-18-12-5-4-11(22(27)28)8-13(12)23(29)30/h4-5,8,18H,6-7,9-10H2,1-3H3,(H,19,24)(H,20,25)(H,21,26). The largest absolute Gasteiger partial charge is 0.444 e. The molecule has 14 nitrogen and oxygen atoms in total. The summed E-state index contributed by atoms with van der Waals surface area (Å²) in [5.74, 6) is -1.12. The fourth-order valence-electron chi connectivity index (χ4n) is 2.10. The Labute approximate surface area is 177 Å². The van der Waals surface area contributed by atoms with E-state index in [9.17, 15) is 34.6 Å². The molecule has 4 N–H and O–H groups in total. The molecule has 0 aliphatic rings. The highest BCUT2D eigenvalue weighted by atomic mass is 16.6. The Balaban J connectivity index is 2.34. The van der Waals surface area contributed by atoms with Crippen LogP contribution in [0.5, 0.6) is 0 Å². The molecule has 170 valence electrons. The smallest absolute Gasteiger partial charge is 0.408 e. The molecule has 31 heavy (non-hydrogen) atoms. The topological polar surface area (TPSA) is 195 Å². The Hall–Kier alpha value is -3.97. The van der Waals surface area contributed by atoms with Gasteiger partial charge in [0.1, 0.15) is 17.8 Å². The van der Waals surface area contributed by atoms with Gasteiger partial charge in [0.25, 0.3) is 11.4 Å². The summed E-state index contributed by atoms with van der Waals surface area (Å²) in [5, 5.41) is 31.5. The number of ether oxygens (including phenoxy) is 1. The normalized spacial score (nSPS) is 10.5. The van der Waals surface area contributed by atoms with Gasteiger partial charge in [-0.1, -0.05) is 0 Å².